The zero-order valence-electron chi connectivity index (χ0n) is 18.8. The zero-order valence-corrected chi connectivity index (χ0v) is 18.8. The van der Waals surface area contributed by atoms with Crippen LogP contribution in [0.3, 0.4) is 0 Å². The van der Waals surface area contributed by atoms with Gasteiger partial charge in [0.2, 0.25) is 0 Å². The minimum absolute atomic E-state index is 0.144. The van der Waals surface area contributed by atoms with Crippen molar-refractivity contribution in [1.82, 2.24) is 0 Å². The van der Waals surface area contributed by atoms with E-state index in [0.717, 1.165) is 12.8 Å². The van der Waals surface area contributed by atoms with Crippen molar-refractivity contribution in [3.63, 3.8) is 0 Å². The second kappa shape index (κ2) is 8.80. The number of rotatable bonds is 8. The Kier molecular flexibility index (Phi) is 7.12. The van der Waals surface area contributed by atoms with Gasteiger partial charge in [-0.15, -0.1) is 0 Å². The van der Waals surface area contributed by atoms with Gasteiger partial charge in [0.05, 0.1) is 13.2 Å². The van der Waals surface area contributed by atoms with Crippen LogP contribution >= 0.6 is 0 Å². The highest BCUT2D eigenvalue weighted by molar-refractivity contribution is 5.45. The van der Waals surface area contributed by atoms with Crippen LogP contribution < -0.4 is 0 Å². The number of hydrogen-bond donors (Lipinski definition) is 2. The Morgan fingerprint density at radius 1 is 0.750 bits per heavy atom. The molecule has 0 heterocycles. The highest BCUT2D eigenvalue weighted by atomic mass is 16.3. The summed E-state index contributed by atoms with van der Waals surface area (Å²) in [5, 5.41) is 19.4. The van der Waals surface area contributed by atoms with Gasteiger partial charge >= 0.3 is 0 Å². The molecule has 0 unspecified atom stereocenters. The maximum Gasteiger partial charge on any atom is 0.0522 e. The van der Waals surface area contributed by atoms with E-state index in [1.54, 1.807) is 0 Å². The molecule has 2 aromatic carbocycles. The highest BCUT2D eigenvalue weighted by Crippen LogP contribution is 2.36. The molecule has 2 heteroatoms. The van der Waals surface area contributed by atoms with Crippen LogP contribution in [-0.4, -0.2) is 23.4 Å². The first-order chi connectivity index (χ1) is 13.1. The van der Waals surface area contributed by atoms with Crippen molar-refractivity contribution in [3.8, 4) is 0 Å². The van der Waals surface area contributed by atoms with Crippen LogP contribution in [0.1, 0.15) is 86.8 Å². The molecular weight excluding hydrogens is 344 g/mol. The summed E-state index contributed by atoms with van der Waals surface area (Å²) in [6.07, 6.45) is 2.23. The number of aliphatic hydroxyl groups excluding tert-OH is 2. The van der Waals surface area contributed by atoms with Crippen molar-refractivity contribution in [2.75, 3.05) is 13.2 Å². The molecule has 28 heavy (non-hydrogen) atoms. The molecule has 0 atom stereocenters. The van der Waals surface area contributed by atoms with E-state index < -0.39 is 0 Å². The van der Waals surface area contributed by atoms with Crippen molar-refractivity contribution < 1.29 is 10.2 Å². The first-order valence-electron chi connectivity index (χ1n) is 10.5. The molecule has 154 valence electrons. The van der Waals surface area contributed by atoms with Crippen LogP contribution in [-0.2, 0) is 10.8 Å². The Balaban J connectivity index is 2.49. The normalized spacial score (nSPS) is 12.6. The molecule has 2 nitrogen and oxygen atoms in total. The minimum atomic E-state index is -0.225. The van der Waals surface area contributed by atoms with E-state index in [9.17, 15) is 10.2 Å². The number of benzene rings is 2. The Morgan fingerprint density at radius 3 is 1.43 bits per heavy atom. The van der Waals surface area contributed by atoms with Gasteiger partial charge in [-0.3, -0.25) is 0 Å². The van der Waals surface area contributed by atoms with Crippen LogP contribution in [0.15, 0.2) is 36.4 Å². The predicted octanol–water partition coefficient (Wildman–Crippen LogP) is 5.78. The lowest BCUT2D eigenvalue weighted by Gasteiger charge is -2.28. The van der Waals surface area contributed by atoms with E-state index in [2.05, 4.69) is 84.9 Å². The molecule has 0 aliphatic rings. The molecule has 0 fully saturated rings. The first kappa shape index (κ1) is 22.6. The Hall–Kier alpha value is -1.64. The molecule has 0 aliphatic heterocycles. The van der Waals surface area contributed by atoms with Gasteiger partial charge < -0.3 is 10.2 Å². The van der Waals surface area contributed by atoms with Crippen molar-refractivity contribution in [2.45, 2.75) is 78.1 Å². The summed E-state index contributed by atoms with van der Waals surface area (Å²) < 4.78 is 0. The molecule has 2 aromatic rings. The van der Waals surface area contributed by atoms with Crippen molar-refractivity contribution >= 4 is 0 Å². The number of aliphatic hydroxyl groups is 2. The molecule has 0 aliphatic carbocycles. The molecule has 0 bridgehead atoms. The van der Waals surface area contributed by atoms with Crippen LogP contribution in [0.5, 0.6) is 0 Å². The second-order valence-corrected chi connectivity index (χ2v) is 9.57. The van der Waals surface area contributed by atoms with Gasteiger partial charge in [0.25, 0.3) is 0 Å². The Morgan fingerprint density at radius 2 is 1.14 bits per heavy atom. The molecule has 2 N–H and O–H groups in total. The minimum Gasteiger partial charge on any atom is -0.395 e. The quantitative estimate of drug-likeness (QED) is 0.608. The lowest BCUT2D eigenvalue weighted by molar-refractivity contribution is 0.218. The van der Waals surface area contributed by atoms with Crippen LogP contribution in [0.4, 0.5) is 0 Å². The molecule has 0 radical (unpaired) electrons. The third kappa shape index (κ3) is 4.67. The van der Waals surface area contributed by atoms with Crippen LogP contribution in [0.25, 0.3) is 0 Å². The molecule has 2 rings (SSSR count). The maximum atomic E-state index is 9.71. The predicted molar refractivity (Wildman–Crippen MR) is 119 cm³/mol. The molecule has 0 amide bonds. The fourth-order valence-electron chi connectivity index (χ4n) is 3.93. The van der Waals surface area contributed by atoms with Gasteiger partial charge in [-0.05, 0) is 53.6 Å². The topological polar surface area (TPSA) is 40.5 Å². The second-order valence-electron chi connectivity index (χ2n) is 9.57. The SMILES string of the molecule is CCCC(c1ccc(C(C)(C)CO)cc1C)c1ccc(C(C)(C)CO)cc1C. The number of hydrogen-bond acceptors (Lipinski definition) is 2. The average molecular weight is 383 g/mol. The van der Waals surface area contributed by atoms with E-state index in [1.807, 2.05) is 0 Å². The van der Waals surface area contributed by atoms with Crippen LogP contribution in [0, 0.1) is 13.8 Å². The van der Waals surface area contributed by atoms with Gasteiger partial charge in [0.15, 0.2) is 0 Å². The largest absolute Gasteiger partial charge is 0.395 e. The first-order valence-corrected chi connectivity index (χ1v) is 10.5. The summed E-state index contributed by atoms with van der Waals surface area (Å²) in [6.45, 7) is 15.2. The third-order valence-electron chi connectivity index (χ3n) is 6.22. The fourth-order valence-corrected chi connectivity index (χ4v) is 3.93. The summed E-state index contributed by atoms with van der Waals surface area (Å²) in [5.41, 5.74) is 7.24. The Labute approximate surface area is 171 Å². The van der Waals surface area contributed by atoms with Gasteiger partial charge in [0.1, 0.15) is 0 Å². The van der Waals surface area contributed by atoms with E-state index >= 15 is 0 Å². The van der Waals surface area contributed by atoms with E-state index in [0.29, 0.717) is 5.92 Å². The average Bonchev–Trinajstić information content (AvgIpc) is 2.66. The highest BCUT2D eigenvalue weighted by Gasteiger charge is 2.24. The van der Waals surface area contributed by atoms with E-state index in [-0.39, 0.29) is 24.0 Å². The summed E-state index contributed by atoms with van der Waals surface area (Å²) in [5.74, 6) is 0.363. The molecule has 0 saturated heterocycles. The van der Waals surface area contributed by atoms with Crippen LogP contribution in [0.2, 0.25) is 0 Å². The van der Waals surface area contributed by atoms with Crippen molar-refractivity contribution in [1.29, 1.82) is 0 Å². The van der Waals surface area contributed by atoms with E-state index in [1.165, 1.54) is 33.4 Å². The van der Waals surface area contributed by atoms with Gasteiger partial charge in [-0.1, -0.05) is 77.4 Å². The van der Waals surface area contributed by atoms with E-state index in [4.69, 9.17) is 0 Å². The lowest BCUT2D eigenvalue weighted by Crippen LogP contribution is -2.23. The maximum absolute atomic E-state index is 9.71. The molecule has 0 saturated carbocycles. The standard InChI is InChI=1S/C26H38O2/c1-8-9-24(22-12-10-20(14-18(22)2)25(4,5)16-27)23-13-11-21(15-19(23)3)26(6,7)17-28/h10-15,24,27-28H,8-9,16-17H2,1-7H3. The fraction of sp³-hybridized carbons (Fsp3) is 0.538. The third-order valence-corrected chi connectivity index (χ3v) is 6.22. The summed E-state index contributed by atoms with van der Waals surface area (Å²) in [6, 6.07) is 13.4. The van der Waals surface area contributed by atoms with Crippen molar-refractivity contribution in [2.24, 2.45) is 0 Å². The zero-order chi connectivity index (χ0) is 21.1. The van der Waals surface area contributed by atoms with Gasteiger partial charge in [-0.2, -0.15) is 0 Å². The monoisotopic (exact) mass is 382 g/mol. The summed E-state index contributed by atoms with van der Waals surface area (Å²) in [4.78, 5) is 0. The van der Waals surface area contributed by atoms with Gasteiger partial charge in [0, 0.05) is 16.7 Å². The molecular formula is C26H38O2. The number of aryl methyl sites for hydroxylation is 2. The van der Waals surface area contributed by atoms with Crippen molar-refractivity contribution in [3.05, 3.63) is 69.8 Å². The summed E-state index contributed by atoms with van der Waals surface area (Å²) in [7, 11) is 0. The van der Waals surface area contributed by atoms with Gasteiger partial charge in [-0.25, -0.2) is 0 Å². The Bertz CT molecular complexity index is 737. The molecule has 0 aromatic heterocycles. The summed E-state index contributed by atoms with van der Waals surface area (Å²) >= 11 is 0. The lowest BCUT2D eigenvalue weighted by atomic mass is 9.78. The molecule has 0 spiro atoms. The smallest absolute Gasteiger partial charge is 0.0522 e.